The van der Waals surface area contributed by atoms with E-state index in [0.29, 0.717) is 10.9 Å². The summed E-state index contributed by atoms with van der Waals surface area (Å²) in [5, 5.41) is 0. The monoisotopic (exact) mass is 466 g/mol. The van der Waals surface area contributed by atoms with Crippen molar-refractivity contribution >= 4 is 37.8 Å². The fourth-order valence-corrected chi connectivity index (χ4v) is 5.00. The molecule has 3 rings (SSSR count). The van der Waals surface area contributed by atoms with Gasteiger partial charge in [-0.2, -0.15) is 4.31 Å². The Morgan fingerprint density at radius 3 is 2.29 bits per heavy atom. The van der Waals surface area contributed by atoms with E-state index in [1.807, 2.05) is 30.3 Å². The summed E-state index contributed by atoms with van der Waals surface area (Å²) in [6.45, 7) is -0.563. The summed E-state index contributed by atoms with van der Waals surface area (Å²) in [4.78, 5) is 26.0. The molecule has 1 saturated heterocycles. The molecule has 0 N–H and O–H groups in total. The quantitative estimate of drug-likeness (QED) is 0.608. The van der Waals surface area contributed by atoms with Crippen molar-refractivity contribution in [2.45, 2.75) is 11.3 Å². The average Bonchev–Trinajstić information content (AvgIpc) is 2.68. The van der Waals surface area contributed by atoms with Gasteiger partial charge in [-0.05, 0) is 30.2 Å². The molecule has 0 aliphatic carbocycles. The van der Waals surface area contributed by atoms with Crippen molar-refractivity contribution in [3.05, 3.63) is 58.6 Å². The van der Waals surface area contributed by atoms with Crippen LogP contribution >= 0.6 is 15.9 Å². The maximum absolute atomic E-state index is 13.0. The van der Waals surface area contributed by atoms with Gasteiger partial charge in [-0.1, -0.05) is 46.3 Å². The fourth-order valence-electron chi connectivity index (χ4n) is 2.96. The number of carbonyl (C=O) groups is 2. The van der Waals surface area contributed by atoms with Crippen LogP contribution in [-0.4, -0.2) is 56.2 Å². The van der Waals surface area contributed by atoms with Crippen LogP contribution in [0.4, 0.5) is 0 Å². The zero-order chi connectivity index (χ0) is 20.3. The topological polar surface area (TPSA) is 84.0 Å². The normalized spacial score (nSPS) is 15.7. The number of benzene rings is 2. The van der Waals surface area contributed by atoms with Gasteiger partial charge in [0.05, 0.1) is 20.2 Å². The van der Waals surface area contributed by atoms with E-state index >= 15 is 0 Å². The number of methoxy groups -OCH3 is 1. The molecule has 0 spiro atoms. The Balaban J connectivity index is 1.77. The summed E-state index contributed by atoms with van der Waals surface area (Å²) in [5.41, 5.74) is 0.997. The van der Waals surface area contributed by atoms with Crippen LogP contribution < -0.4 is 4.74 Å². The molecule has 0 atom stereocenters. The zero-order valence-corrected chi connectivity index (χ0v) is 17.6. The summed E-state index contributed by atoms with van der Waals surface area (Å²) < 4.78 is 32.6. The summed E-state index contributed by atoms with van der Waals surface area (Å²) in [5.74, 6) is -0.927. The molecule has 1 aliphatic rings. The van der Waals surface area contributed by atoms with Gasteiger partial charge in [-0.3, -0.25) is 14.5 Å². The molecule has 148 valence electrons. The van der Waals surface area contributed by atoms with E-state index in [1.165, 1.54) is 19.2 Å². The number of hydrogen-bond acceptors (Lipinski definition) is 5. The van der Waals surface area contributed by atoms with Gasteiger partial charge in [-0.15, -0.1) is 0 Å². The number of nitrogens with zero attached hydrogens (tertiary/aromatic N) is 2. The lowest BCUT2D eigenvalue weighted by molar-refractivity contribution is -0.149. The molecule has 28 heavy (non-hydrogen) atoms. The third-order valence-electron chi connectivity index (χ3n) is 4.44. The van der Waals surface area contributed by atoms with E-state index < -0.39 is 34.9 Å². The molecule has 0 unspecified atom stereocenters. The molecule has 2 aromatic carbocycles. The van der Waals surface area contributed by atoms with Gasteiger partial charge in [0.25, 0.3) is 0 Å². The Labute approximate surface area is 172 Å². The minimum atomic E-state index is -4.07. The number of amides is 2. The maximum atomic E-state index is 13.0. The van der Waals surface area contributed by atoms with Gasteiger partial charge >= 0.3 is 0 Å². The Bertz CT molecular complexity index is 977. The van der Waals surface area contributed by atoms with Gasteiger partial charge in [0.2, 0.25) is 21.8 Å². The second-order valence-electron chi connectivity index (χ2n) is 6.24. The lowest BCUT2D eigenvalue weighted by atomic mass is 10.1. The number of rotatable bonds is 6. The van der Waals surface area contributed by atoms with Crippen LogP contribution in [0.3, 0.4) is 0 Å². The Kier molecular flexibility index (Phi) is 6.17. The largest absolute Gasteiger partial charge is 0.495 e. The number of imide groups is 1. The van der Waals surface area contributed by atoms with Crippen LogP contribution in [0.5, 0.6) is 5.75 Å². The first-order valence-electron chi connectivity index (χ1n) is 8.53. The molecule has 7 nitrogen and oxygen atoms in total. The number of halogens is 1. The van der Waals surface area contributed by atoms with Crippen molar-refractivity contribution in [2.24, 2.45) is 0 Å². The highest BCUT2D eigenvalue weighted by Crippen LogP contribution is 2.30. The summed E-state index contributed by atoms with van der Waals surface area (Å²) in [6, 6.07) is 14.0. The van der Waals surface area contributed by atoms with Crippen LogP contribution in [0.1, 0.15) is 5.56 Å². The molecule has 0 saturated carbocycles. The number of carbonyl (C=O) groups excluding carboxylic acids is 2. The Morgan fingerprint density at radius 1 is 1.04 bits per heavy atom. The van der Waals surface area contributed by atoms with Gasteiger partial charge in [0.1, 0.15) is 10.6 Å². The van der Waals surface area contributed by atoms with E-state index in [1.54, 1.807) is 6.07 Å². The minimum absolute atomic E-state index is 0.0947. The van der Waals surface area contributed by atoms with Crippen molar-refractivity contribution < 1.29 is 22.7 Å². The van der Waals surface area contributed by atoms with Crippen LogP contribution in [0.15, 0.2) is 57.9 Å². The molecule has 2 aromatic rings. The van der Waals surface area contributed by atoms with Crippen molar-refractivity contribution in [3.8, 4) is 5.75 Å². The van der Waals surface area contributed by atoms with Gasteiger partial charge < -0.3 is 4.74 Å². The van der Waals surface area contributed by atoms with Gasteiger partial charge in [-0.25, -0.2) is 8.42 Å². The molecular weight excluding hydrogens is 448 g/mol. The summed E-state index contributed by atoms with van der Waals surface area (Å²) >= 11 is 3.24. The number of sulfonamides is 1. The number of ether oxygens (including phenoxy) is 1. The molecule has 0 aromatic heterocycles. The Hall–Kier alpha value is -2.23. The molecule has 0 bridgehead atoms. The zero-order valence-electron chi connectivity index (χ0n) is 15.2. The highest BCUT2D eigenvalue weighted by Gasteiger charge is 2.38. The van der Waals surface area contributed by atoms with E-state index in [9.17, 15) is 18.0 Å². The molecule has 2 amide bonds. The van der Waals surface area contributed by atoms with Crippen molar-refractivity contribution in [1.82, 2.24) is 9.21 Å². The standard InChI is InChI=1S/C19H19BrN2O5S/c1-27-16-8-7-15(20)11-17(16)28(25,26)21-12-18(23)22(19(24)13-21)10-9-14-5-3-2-4-6-14/h2-8,11H,9-10,12-13H2,1H3. The maximum Gasteiger partial charge on any atom is 0.247 e. The third-order valence-corrected chi connectivity index (χ3v) is 6.74. The first kappa shape index (κ1) is 20.5. The average molecular weight is 467 g/mol. The fraction of sp³-hybridized carbons (Fsp3) is 0.263. The SMILES string of the molecule is COc1ccc(Br)cc1S(=O)(=O)N1CC(=O)N(CCc2ccccc2)C(=O)C1. The predicted molar refractivity (Wildman–Crippen MR) is 106 cm³/mol. The molecule has 0 radical (unpaired) electrons. The van der Waals surface area contributed by atoms with Crippen molar-refractivity contribution in [1.29, 1.82) is 0 Å². The van der Waals surface area contributed by atoms with Gasteiger partial charge in [0, 0.05) is 11.0 Å². The first-order chi connectivity index (χ1) is 13.3. The summed E-state index contributed by atoms with van der Waals surface area (Å²) in [6.07, 6.45) is 0.518. The van der Waals surface area contributed by atoms with Crippen LogP contribution in [-0.2, 0) is 26.0 Å². The highest BCUT2D eigenvalue weighted by atomic mass is 79.9. The first-order valence-corrected chi connectivity index (χ1v) is 10.8. The van der Waals surface area contributed by atoms with Gasteiger partial charge in [0.15, 0.2) is 0 Å². The third kappa shape index (κ3) is 4.26. The Morgan fingerprint density at radius 2 is 1.68 bits per heavy atom. The summed E-state index contributed by atoms with van der Waals surface area (Å²) in [7, 11) is -2.71. The molecule has 9 heteroatoms. The lowest BCUT2D eigenvalue weighted by Gasteiger charge is -2.32. The molecular formula is C19H19BrN2O5S. The van der Waals surface area contributed by atoms with Crippen LogP contribution in [0.25, 0.3) is 0 Å². The van der Waals surface area contributed by atoms with E-state index in [2.05, 4.69) is 15.9 Å². The van der Waals surface area contributed by atoms with E-state index in [4.69, 9.17) is 4.74 Å². The molecule has 1 heterocycles. The van der Waals surface area contributed by atoms with E-state index in [-0.39, 0.29) is 17.2 Å². The highest BCUT2D eigenvalue weighted by molar-refractivity contribution is 9.10. The van der Waals surface area contributed by atoms with Crippen LogP contribution in [0.2, 0.25) is 0 Å². The molecule has 1 aliphatic heterocycles. The second kappa shape index (κ2) is 8.42. The number of piperazine rings is 1. The minimum Gasteiger partial charge on any atom is -0.495 e. The predicted octanol–water partition coefficient (Wildman–Crippen LogP) is 2.06. The van der Waals surface area contributed by atoms with Crippen molar-refractivity contribution in [2.75, 3.05) is 26.7 Å². The lowest BCUT2D eigenvalue weighted by Crippen LogP contribution is -2.55. The van der Waals surface area contributed by atoms with Crippen molar-refractivity contribution in [3.63, 3.8) is 0 Å². The van der Waals surface area contributed by atoms with Crippen LogP contribution in [0, 0.1) is 0 Å². The molecule has 1 fully saturated rings. The smallest absolute Gasteiger partial charge is 0.247 e. The number of hydrogen-bond donors (Lipinski definition) is 0. The second-order valence-corrected chi connectivity index (χ2v) is 9.07. The van der Waals surface area contributed by atoms with E-state index in [0.717, 1.165) is 14.8 Å².